The normalized spacial score (nSPS) is 11.0. The number of hydrogen-bond acceptors (Lipinski definition) is 7. The Morgan fingerprint density at radius 1 is 1.03 bits per heavy atom. The summed E-state index contributed by atoms with van der Waals surface area (Å²) in [5, 5.41) is 0. The van der Waals surface area contributed by atoms with Crippen molar-refractivity contribution >= 4 is 54.7 Å². The van der Waals surface area contributed by atoms with E-state index in [1.54, 1.807) is 30.3 Å². The highest BCUT2D eigenvalue weighted by atomic mass is 79.9. The van der Waals surface area contributed by atoms with Gasteiger partial charge in [0.05, 0.1) is 22.0 Å². The summed E-state index contributed by atoms with van der Waals surface area (Å²) in [6.07, 6.45) is 0. The highest BCUT2D eigenvalue weighted by molar-refractivity contribution is 9.11. The topological polar surface area (TPSA) is 98.8 Å². The van der Waals surface area contributed by atoms with Gasteiger partial charge in [0.2, 0.25) is 5.78 Å². The van der Waals surface area contributed by atoms with Crippen LogP contribution < -0.4 is 9.46 Å². The summed E-state index contributed by atoms with van der Waals surface area (Å²) in [6.45, 7) is -0.444. The predicted molar refractivity (Wildman–Crippen MR) is 117 cm³/mol. The molecule has 30 heavy (non-hydrogen) atoms. The van der Waals surface area contributed by atoms with E-state index in [0.717, 1.165) is 11.3 Å². The minimum absolute atomic E-state index is 0.160. The number of halogens is 1. The predicted octanol–water partition coefficient (Wildman–Crippen LogP) is 4.36. The van der Waals surface area contributed by atoms with E-state index in [2.05, 4.69) is 20.7 Å². The van der Waals surface area contributed by atoms with E-state index >= 15 is 0 Å². The average Bonchev–Trinajstić information content (AvgIpc) is 3.19. The van der Waals surface area contributed by atoms with E-state index in [1.165, 1.54) is 37.4 Å². The van der Waals surface area contributed by atoms with Crippen molar-refractivity contribution in [3.63, 3.8) is 0 Å². The van der Waals surface area contributed by atoms with Crippen molar-refractivity contribution < 1.29 is 27.5 Å². The number of para-hydroxylation sites is 1. The van der Waals surface area contributed by atoms with Crippen LogP contribution in [0.15, 0.2) is 68.7 Å². The zero-order valence-corrected chi connectivity index (χ0v) is 18.8. The number of sulfonamides is 1. The molecule has 2 aromatic carbocycles. The van der Waals surface area contributed by atoms with Gasteiger partial charge in [0.1, 0.15) is 9.96 Å². The quantitative estimate of drug-likeness (QED) is 0.357. The molecule has 7 nitrogen and oxygen atoms in total. The number of esters is 1. The molecule has 0 fully saturated rings. The molecule has 0 aliphatic rings. The highest BCUT2D eigenvalue weighted by Crippen LogP contribution is 2.27. The van der Waals surface area contributed by atoms with Crippen LogP contribution >= 0.6 is 27.3 Å². The second-order valence-electron chi connectivity index (χ2n) is 5.94. The van der Waals surface area contributed by atoms with Crippen LogP contribution in [0, 0.1) is 0 Å². The van der Waals surface area contributed by atoms with E-state index < -0.39 is 28.4 Å². The zero-order valence-electron chi connectivity index (χ0n) is 15.6. The van der Waals surface area contributed by atoms with Gasteiger partial charge in [-0.05, 0) is 64.5 Å². The molecule has 1 aromatic heterocycles. The largest absolute Gasteiger partial charge is 0.496 e. The van der Waals surface area contributed by atoms with Crippen molar-refractivity contribution in [3.8, 4) is 5.75 Å². The SMILES string of the molecule is COc1ccccc1C(=O)COC(=O)c1ccc(NS(=O)(=O)c2ccc(Br)s2)cc1. The molecule has 3 rings (SSSR count). The smallest absolute Gasteiger partial charge is 0.338 e. The minimum Gasteiger partial charge on any atom is -0.496 e. The van der Waals surface area contributed by atoms with E-state index in [0.29, 0.717) is 20.8 Å². The summed E-state index contributed by atoms with van der Waals surface area (Å²) in [5.41, 5.74) is 0.795. The van der Waals surface area contributed by atoms with Gasteiger partial charge in [0.25, 0.3) is 10.0 Å². The number of ketones is 1. The monoisotopic (exact) mass is 509 g/mol. The Hall–Kier alpha value is -2.69. The third-order valence-corrected chi connectivity index (χ3v) is 7.42. The third-order valence-electron chi connectivity index (χ3n) is 3.93. The first-order valence-electron chi connectivity index (χ1n) is 8.52. The van der Waals surface area contributed by atoms with Gasteiger partial charge < -0.3 is 9.47 Å². The fraction of sp³-hybridized carbons (Fsp3) is 0.100. The molecule has 0 saturated heterocycles. The molecular weight excluding hydrogens is 494 g/mol. The molecule has 0 aliphatic heterocycles. The van der Waals surface area contributed by atoms with Gasteiger partial charge in [-0.3, -0.25) is 9.52 Å². The lowest BCUT2D eigenvalue weighted by molar-refractivity contribution is 0.0474. The standard InChI is InChI=1S/C20H16BrNO6S2/c1-27-17-5-3-2-4-15(17)16(23)12-28-20(24)13-6-8-14(9-7-13)22-30(25,26)19-11-10-18(21)29-19/h2-11,22H,12H2,1H3. The number of Topliss-reactive ketones (excluding diaryl/α,β-unsaturated/α-hetero) is 1. The molecule has 0 radical (unpaired) electrons. The van der Waals surface area contributed by atoms with Gasteiger partial charge in [0.15, 0.2) is 6.61 Å². The number of carbonyl (C=O) groups excluding carboxylic acids is 2. The van der Waals surface area contributed by atoms with Crippen LogP contribution in [0.5, 0.6) is 5.75 Å². The molecule has 0 bridgehead atoms. The van der Waals surface area contributed by atoms with Gasteiger partial charge >= 0.3 is 5.97 Å². The first-order chi connectivity index (χ1) is 14.3. The number of anilines is 1. The number of rotatable bonds is 8. The summed E-state index contributed by atoms with van der Waals surface area (Å²) in [7, 11) is -2.27. The number of methoxy groups -OCH3 is 1. The van der Waals surface area contributed by atoms with Crippen LogP contribution in [0.1, 0.15) is 20.7 Å². The average molecular weight is 510 g/mol. The Kier molecular flexibility index (Phi) is 6.91. The lowest BCUT2D eigenvalue weighted by atomic mass is 10.1. The van der Waals surface area contributed by atoms with Crippen LogP contribution in [0.25, 0.3) is 0 Å². The second-order valence-corrected chi connectivity index (χ2v) is 10.3. The Bertz CT molecular complexity index is 1170. The fourth-order valence-electron chi connectivity index (χ4n) is 2.49. The fourth-order valence-corrected chi connectivity index (χ4v) is 5.56. The van der Waals surface area contributed by atoms with Crippen molar-refractivity contribution in [1.82, 2.24) is 0 Å². The van der Waals surface area contributed by atoms with E-state index in [-0.39, 0.29) is 9.77 Å². The highest BCUT2D eigenvalue weighted by Gasteiger charge is 2.18. The maximum atomic E-state index is 12.3. The molecule has 0 aliphatic carbocycles. The van der Waals surface area contributed by atoms with Gasteiger partial charge in [-0.1, -0.05) is 12.1 Å². The molecule has 0 spiro atoms. The number of thiophene rings is 1. The maximum absolute atomic E-state index is 12.3. The molecule has 0 atom stereocenters. The van der Waals surface area contributed by atoms with Gasteiger partial charge in [-0.2, -0.15) is 0 Å². The molecule has 10 heteroatoms. The van der Waals surface area contributed by atoms with Crippen LogP contribution in [0.3, 0.4) is 0 Å². The van der Waals surface area contributed by atoms with E-state index in [1.807, 2.05) is 0 Å². The first-order valence-corrected chi connectivity index (χ1v) is 11.6. The van der Waals surface area contributed by atoms with Crippen LogP contribution in [-0.2, 0) is 14.8 Å². The van der Waals surface area contributed by atoms with E-state index in [4.69, 9.17) is 9.47 Å². The Morgan fingerprint density at radius 2 is 1.73 bits per heavy atom. The van der Waals surface area contributed by atoms with Gasteiger partial charge in [-0.15, -0.1) is 11.3 Å². The lowest BCUT2D eigenvalue weighted by Crippen LogP contribution is -2.15. The Morgan fingerprint density at radius 3 is 2.37 bits per heavy atom. The third kappa shape index (κ3) is 5.26. The number of nitrogens with one attached hydrogen (secondary N) is 1. The number of carbonyl (C=O) groups is 2. The number of benzene rings is 2. The molecular formula is C20H16BrNO6S2. The summed E-state index contributed by atoms with van der Waals surface area (Å²) < 4.78 is 38.2. The van der Waals surface area contributed by atoms with E-state index in [9.17, 15) is 18.0 Å². The van der Waals surface area contributed by atoms with Crippen LogP contribution in [0.2, 0.25) is 0 Å². The number of ether oxygens (including phenoxy) is 2. The van der Waals surface area contributed by atoms with Gasteiger partial charge in [-0.25, -0.2) is 13.2 Å². The molecule has 0 amide bonds. The molecule has 3 aromatic rings. The van der Waals surface area contributed by atoms with Crippen molar-refractivity contribution in [2.45, 2.75) is 4.21 Å². The van der Waals surface area contributed by atoms with Crippen molar-refractivity contribution in [2.75, 3.05) is 18.4 Å². The van der Waals surface area contributed by atoms with Crippen molar-refractivity contribution in [3.05, 3.63) is 75.6 Å². The minimum atomic E-state index is -3.72. The maximum Gasteiger partial charge on any atom is 0.338 e. The molecule has 0 unspecified atom stereocenters. The lowest BCUT2D eigenvalue weighted by Gasteiger charge is -2.09. The molecule has 156 valence electrons. The summed E-state index contributed by atoms with van der Waals surface area (Å²) >= 11 is 4.31. The summed E-state index contributed by atoms with van der Waals surface area (Å²) in [6, 6.07) is 15.5. The summed E-state index contributed by atoms with van der Waals surface area (Å²) in [5.74, 6) is -0.699. The number of hydrogen-bond donors (Lipinski definition) is 1. The van der Waals surface area contributed by atoms with Crippen LogP contribution in [0.4, 0.5) is 5.69 Å². The van der Waals surface area contributed by atoms with Crippen LogP contribution in [-0.4, -0.2) is 33.9 Å². The van der Waals surface area contributed by atoms with Crippen molar-refractivity contribution in [2.24, 2.45) is 0 Å². The Balaban J connectivity index is 1.62. The second kappa shape index (κ2) is 9.41. The molecule has 1 N–H and O–H groups in total. The van der Waals surface area contributed by atoms with Gasteiger partial charge in [0, 0.05) is 5.69 Å². The Labute approximate surface area is 185 Å². The van der Waals surface area contributed by atoms with Crippen molar-refractivity contribution in [1.29, 1.82) is 0 Å². The molecule has 0 saturated carbocycles. The first kappa shape index (κ1) is 22.0. The molecule has 1 heterocycles. The summed E-state index contributed by atoms with van der Waals surface area (Å²) in [4.78, 5) is 24.5. The zero-order chi connectivity index (χ0) is 21.7.